The Morgan fingerprint density at radius 2 is 1.86 bits per heavy atom. The van der Waals surface area contributed by atoms with Crippen LogP contribution >= 0.6 is 11.6 Å². The van der Waals surface area contributed by atoms with Gasteiger partial charge in [0.1, 0.15) is 11.5 Å². The van der Waals surface area contributed by atoms with Gasteiger partial charge in [0.15, 0.2) is 5.69 Å². The van der Waals surface area contributed by atoms with Crippen LogP contribution in [0.2, 0.25) is 5.02 Å². The maximum absolute atomic E-state index is 13.7. The number of fused-ring (bicyclic) bond motifs is 1. The van der Waals surface area contributed by atoms with Crippen LogP contribution in [0.1, 0.15) is 63.0 Å². The predicted octanol–water partition coefficient (Wildman–Crippen LogP) is 6.65. The number of benzene rings is 2. The number of ketones is 1. The Morgan fingerprint density at radius 1 is 1.11 bits per heavy atom. The van der Waals surface area contributed by atoms with Gasteiger partial charge in [0, 0.05) is 24.2 Å². The minimum Gasteiger partial charge on any atom is -0.494 e. The molecule has 2 aromatic rings. The summed E-state index contributed by atoms with van der Waals surface area (Å²) < 4.78 is 5.37. The van der Waals surface area contributed by atoms with Crippen LogP contribution in [-0.2, 0) is 4.79 Å². The van der Waals surface area contributed by atoms with Crippen molar-refractivity contribution in [3.8, 4) is 16.9 Å². The van der Waals surface area contributed by atoms with Crippen LogP contribution < -0.4 is 15.8 Å². The van der Waals surface area contributed by atoms with E-state index in [1.54, 1.807) is 12.1 Å². The van der Waals surface area contributed by atoms with Crippen molar-refractivity contribution >= 4 is 35.0 Å². The Hall–Kier alpha value is -2.61. The molecule has 3 N–H and O–H groups in total. The number of halogens is 1. The second-order valence-corrected chi connectivity index (χ2v) is 11.1. The normalized spacial score (nSPS) is 25.6. The largest absolute Gasteiger partial charge is 0.494 e. The molecule has 2 unspecified atom stereocenters. The van der Waals surface area contributed by atoms with E-state index in [0.29, 0.717) is 23.5 Å². The molecule has 0 bridgehead atoms. The summed E-state index contributed by atoms with van der Waals surface area (Å²) in [5.74, 6) is 1.04. The van der Waals surface area contributed by atoms with E-state index in [-0.39, 0.29) is 28.6 Å². The summed E-state index contributed by atoms with van der Waals surface area (Å²) in [4.78, 5) is 29.7. The van der Waals surface area contributed by atoms with Crippen LogP contribution in [-0.4, -0.2) is 31.7 Å². The molecule has 196 valence electrons. The maximum atomic E-state index is 13.7. The van der Waals surface area contributed by atoms with E-state index >= 15 is 0 Å². The average Bonchev–Trinajstić information content (AvgIpc) is 3.48. The fourth-order valence-electron chi connectivity index (χ4n) is 6.26. The number of hydrogen-bond donors (Lipinski definition) is 2. The summed E-state index contributed by atoms with van der Waals surface area (Å²) in [7, 11) is 1.49. The molecular formula is C29H35ClN4O3. The standard InChI is InChI=1S/C29H35ClN4O3/c1-37-26-14-20(13-24(30)28(26)34-36)19-8-11-25-22(12-19)27(33-21-9-6-17(15-31)7-10-21)23(16-32-25)29(35)18-4-2-3-5-18/h8,11-14,16-18,21,23,27,33H,2-7,9-10,15,31H2,1H3. The number of carbonyl (C=O) groups excluding carboxylic acids is 1. The van der Waals surface area contributed by atoms with Crippen molar-refractivity contribution in [2.45, 2.75) is 63.5 Å². The molecule has 5 rings (SSSR count). The number of rotatable bonds is 8. The van der Waals surface area contributed by atoms with Crippen LogP contribution in [0.3, 0.4) is 0 Å². The fourth-order valence-corrected chi connectivity index (χ4v) is 6.50. The fraction of sp³-hybridized carbons (Fsp3) is 0.517. The third kappa shape index (κ3) is 5.35. The van der Waals surface area contributed by atoms with Crippen molar-refractivity contribution < 1.29 is 9.53 Å². The zero-order chi connectivity index (χ0) is 25.9. The molecule has 0 spiro atoms. The minimum atomic E-state index is -0.294. The number of aliphatic imine (C=N–C) groups is 1. The van der Waals surface area contributed by atoms with Crippen LogP contribution in [0.4, 0.5) is 11.4 Å². The molecule has 2 atom stereocenters. The first-order chi connectivity index (χ1) is 18.0. The van der Waals surface area contributed by atoms with E-state index in [1.165, 1.54) is 7.11 Å². The number of nitrogens with two attached hydrogens (primary N) is 1. The highest BCUT2D eigenvalue weighted by Crippen LogP contribution is 2.43. The Balaban J connectivity index is 1.51. The topological polar surface area (TPSA) is 106 Å². The van der Waals surface area contributed by atoms with Crippen LogP contribution in [0.5, 0.6) is 5.75 Å². The van der Waals surface area contributed by atoms with Crippen LogP contribution in [0, 0.1) is 22.7 Å². The van der Waals surface area contributed by atoms with E-state index in [4.69, 9.17) is 27.1 Å². The summed E-state index contributed by atoms with van der Waals surface area (Å²) >= 11 is 6.36. The first-order valence-corrected chi connectivity index (χ1v) is 13.8. The number of nitroso groups, excluding NO2 is 1. The maximum Gasteiger partial charge on any atom is 0.168 e. The van der Waals surface area contributed by atoms with Crippen molar-refractivity contribution in [3.05, 3.63) is 45.8 Å². The number of Topliss-reactive ketones (excluding diaryl/α,β-unsaturated/α-hetero) is 1. The van der Waals surface area contributed by atoms with Crippen LogP contribution in [0.25, 0.3) is 11.1 Å². The molecule has 8 heteroatoms. The predicted molar refractivity (Wildman–Crippen MR) is 148 cm³/mol. The van der Waals surface area contributed by atoms with Gasteiger partial charge in [-0.3, -0.25) is 9.79 Å². The van der Waals surface area contributed by atoms with Gasteiger partial charge < -0.3 is 15.8 Å². The molecular weight excluding hydrogens is 488 g/mol. The zero-order valence-corrected chi connectivity index (χ0v) is 22.0. The second kappa shape index (κ2) is 11.4. The van der Waals surface area contributed by atoms with Gasteiger partial charge in [-0.05, 0) is 97.1 Å². The van der Waals surface area contributed by atoms with Crippen molar-refractivity contribution in [1.82, 2.24) is 5.32 Å². The number of methoxy groups -OCH3 is 1. The Morgan fingerprint density at radius 3 is 2.54 bits per heavy atom. The number of carbonyl (C=O) groups is 1. The summed E-state index contributed by atoms with van der Waals surface area (Å²) in [6.45, 7) is 0.738. The van der Waals surface area contributed by atoms with Gasteiger partial charge in [0.2, 0.25) is 0 Å². The van der Waals surface area contributed by atoms with Gasteiger partial charge in [-0.1, -0.05) is 30.5 Å². The summed E-state index contributed by atoms with van der Waals surface area (Å²) in [5, 5.41) is 7.14. The molecule has 1 heterocycles. The SMILES string of the molecule is COc1cc(-c2ccc3c(c2)C(NC2CCC(CN)CC2)C(C(=O)C2CCCC2)C=N3)cc(Cl)c1N=O. The Kier molecular flexibility index (Phi) is 8.03. The van der Waals surface area contributed by atoms with Crippen molar-refractivity contribution in [3.63, 3.8) is 0 Å². The lowest BCUT2D eigenvalue weighted by Crippen LogP contribution is -2.44. The first kappa shape index (κ1) is 26.0. The van der Waals surface area contributed by atoms with E-state index in [9.17, 15) is 9.70 Å². The zero-order valence-electron chi connectivity index (χ0n) is 21.3. The quantitative estimate of drug-likeness (QED) is 0.377. The molecule has 3 aliphatic rings. The van der Waals surface area contributed by atoms with Gasteiger partial charge in [0.25, 0.3) is 0 Å². The van der Waals surface area contributed by atoms with Gasteiger partial charge >= 0.3 is 0 Å². The average molecular weight is 523 g/mol. The molecule has 0 amide bonds. The smallest absolute Gasteiger partial charge is 0.168 e. The molecule has 0 aromatic heterocycles. The summed E-state index contributed by atoms with van der Waals surface area (Å²) in [5.41, 5.74) is 9.63. The van der Waals surface area contributed by atoms with Gasteiger partial charge in [-0.2, -0.15) is 0 Å². The third-order valence-electron chi connectivity index (χ3n) is 8.45. The molecule has 1 aliphatic heterocycles. The lowest BCUT2D eigenvalue weighted by Gasteiger charge is -2.36. The Bertz CT molecular complexity index is 1190. The van der Waals surface area contributed by atoms with Crippen molar-refractivity contribution in [2.24, 2.45) is 33.7 Å². The summed E-state index contributed by atoms with van der Waals surface area (Å²) in [6, 6.07) is 9.76. The molecule has 2 fully saturated rings. The highest BCUT2D eigenvalue weighted by molar-refractivity contribution is 6.33. The second-order valence-electron chi connectivity index (χ2n) is 10.7. The number of hydrogen-bond acceptors (Lipinski definition) is 7. The molecule has 2 aliphatic carbocycles. The minimum absolute atomic E-state index is 0.0883. The van der Waals surface area contributed by atoms with Gasteiger partial charge in [-0.15, -0.1) is 4.91 Å². The van der Waals surface area contributed by atoms with Crippen molar-refractivity contribution in [1.29, 1.82) is 0 Å². The van der Waals surface area contributed by atoms with E-state index in [0.717, 1.165) is 80.3 Å². The van der Waals surface area contributed by atoms with E-state index in [2.05, 4.69) is 16.6 Å². The lowest BCUT2D eigenvalue weighted by molar-refractivity contribution is -0.125. The first-order valence-electron chi connectivity index (χ1n) is 13.4. The monoisotopic (exact) mass is 522 g/mol. The highest BCUT2D eigenvalue weighted by Gasteiger charge is 2.38. The van der Waals surface area contributed by atoms with E-state index in [1.807, 2.05) is 18.3 Å². The molecule has 7 nitrogen and oxygen atoms in total. The highest BCUT2D eigenvalue weighted by atomic mass is 35.5. The van der Waals surface area contributed by atoms with Gasteiger partial charge in [-0.25, -0.2) is 0 Å². The van der Waals surface area contributed by atoms with E-state index < -0.39 is 0 Å². The third-order valence-corrected chi connectivity index (χ3v) is 8.74. The van der Waals surface area contributed by atoms with Gasteiger partial charge in [0.05, 0.1) is 23.7 Å². The lowest BCUT2D eigenvalue weighted by atomic mass is 9.79. The number of nitrogens with one attached hydrogen (secondary N) is 1. The Labute approximate surface area is 223 Å². The number of nitrogens with zero attached hydrogens (tertiary/aromatic N) is 2. The molecule has 2 aromatic carbocycles. The molecule has 0 radical (unpaired) electrons. The van der Waals surface area contributed by atoms with Crippen LogP contribution in [0.15, 0.2) is 40.5 Å². The summed E-state index contributed by atoms with van der Waals surface area (Å²) in [6.07, 6.45) is 10.4. The number of ether oxygens (including phenoxy) is 1. The van der Waals surface area contributed by atoms with Crippen molar-refractivity contribution in [2.75, 3.05) is 13.7 Å². The molecule has 0 saturated heterocycles. The molecule has 2 saturated carbocycles. The molecule has 37 heavy (non-hydrogen) atoms.